The largest absolute Gasteiger partial charge is 0.383 e. The lowest BCUT2D eigenvalue weighted by atomic mass is 10.3. The first-order valence-corrected chi connectivity index (χ1v) is 8.54. The molecule has 0 unspecified atom stereocenters. The summed E-state index contributed by atoms with van der Waals surface area (Å²) in [6.07, 6.45) is 0. The molecule has 138 valence electrons. The fourth-order valence-corrected chi connectivity index (χ4v) is 2.16. The summed E-state index contributed by atoms with van der Waals surface area (Å²) in [5, 5.41) is 6.69. The number of methoxy groups -OCH3 is 2. The third-order valence-corrected chi connectivity index (χ3v) is 3.43. The van der Waals surface area contributed by atoms with Gasteiger partial charge < -0.3 is 20.1 Å². The van der Waals surface area contributed by atoms with Gasteiger partial charge in [0, 0.05) is 25.6 Å². The highest BCUT2D eigenvalue weighted by atomic mass is 16.5. The van der Waals surface area contributed by atoms with Gasteiger partial charge in [-0.1, -0.05) is 36.4 Å². The molecule has 6 heteroatoms. The maximum absolute atomic E-state index is 5.12. The van der Waals surface area contributed by atoms with Crippen LogP contribution in [0.5, 0.6) is 0 Å². The molecule has 0 fully saturated rings. The summed E-state index contributed by atoms with van der Waals surface area (Å²) in [6, 6.07) is 19.8. The second-order valence-electron chi connectivity index (χ2n) is 5.43. The van der Waals surface area contributed by atoms with Gasteiger partial charge in [-0.2, -0.15) is 0 Å². The summed E-state index contributed by atoms with van der Waals surface area (Å²) in [4.78, 5) is 9.26. The summed E-state index contributed by atoms with van der Waals surface area (Å²) in [5.41, 5.74) is 1.89. The SMILES string of the molecule is COCCN=C(Nc1ccccc1)C(=NCCOC)Nc1ccccc1. The van der Waals surface area contributed by atoms with Gasteiger partial charge in [0.1, 0.15) is 0 Å². The molecule has 0 saturated heterocycles. The fourth-order valence-electron chi connectivity index (χ4n) is 2.16. The molecule has 0 aliphatic heterocycles. The van der Waals surface area contributed by atoms with Gasteiger partial charge in [-0.15, -0.1) is 0 Å². The summed E-state index contributed by atoms with van der Waals surface area (Å²) < 4.78 is 10.2. The van der Waals surface area contributed by atoms with Gasteiger partial charge in [0.2, 0.25) is 0 Å². The Balaban J connectivity index is 2.25. The van der Waals surface area contributed by atoms with E-state index in [-0.39, 0.29) is 0 Å². The Bertz CT molecular complexity index is 626. The minimum Gasteiger partial charge on any atom is -0.383 e. The molecule has 0 radical (unpaired) electrons. The number of hydrogen-bond donors (Lipinski definition) is 2. The Morgan fingerprint density at radius 3 is 1.42 bits per heavy atom. The van der Waals surface area contributed by atoms with Crippen LogP contribution in [0.4, 0.5) is 11.4 Å². The average Bonchev–Trinajstić information content (AvgIpc) is 2.68. The number of benzene rings is 2. The van der Waals surface area contributed by atoms with Crippen LogP contribution in [0.15, 0.2) is 70.6 Å². The monoisotopic (exact) mass is 354 g/mol. The van der Waals surface area contributed by atoms with Gasteiger partial charge >= 0.3 is 0 Å². The van der Waals surface area contributed by atoms with Crippen molar-refractivity contribution in [1.82, 2.24) is 0 Å². The van der Waals surface area contributed by atoms with Crippen LogP contribution in [0.1, 0.15) is 0 Å². The van der Waals surface area contributed by atoms with E-state index < -0.39 is 0 Å². The highest BCUT2D eigenvalue weighted by molar-refractivity contribution is 6.48. The molecule has 0 aliphatic rings. The smallest absolute Gasteiger partial charge is 0.169 e. The number of hydrogen-bond acceptors (Lipinski definition) is 4. The van der Waals surface area contributed by atoms with Gasteiger partial charge in [0.15, 0.2) is 11.7 Å². The molecular weight excluding hydrogens is 328 g/mol. The van der Waals surface area contributed by atoms with Gasteiger partial charge in [-0.3, -0.25) is 9.98 Å². The van der Waals surface area contributed by atoms with Crippen molar-refractivity contribution in [2.45, 2.75) is 0 Å². The van der Waals surface area contributed by atoms with Crippen molar-refractivity contribution < 1.29 is 9.47 Å². The molecule has 26 heavy (non-hydrogen) atoms. The zero-order valence-corrected chi connectivity index (χ0v) is 15.3. The molecule has 0 amide bonds. The Labute approximate surface area is 155 Å². The van der Waals surface area contributed by atoms with Crippen LogP contribution >= 0.6 is 0 Å². The van der Waals surface area contributed by atoms with Gasteiger partial charge in [0.05, 0.1) is 26.3 Å². The normalized spacial score (nSPS) is 12.1. The number of anilines is 2. The molecule has 0 aliphatic carbocycles. The Hall–Kier alpha value is -2.70. The van der Waals surface area contributed by atoms with E-state index in [1.807, 2.05) is 60.7 Å². The highest BCUT2D eigenvalue weighted by Crippen LogP contribution is 2.09. The van der Waals surface area contributed by atoms with Crippen molar-refractivity contribution in [3.63, 3.8) is 0 Å². The fraction of sp³-hybridized carbons (Fsp3) is 0.300. The second kappa shape index (κ2) is 11.8. The molecule has 0 spiro atoms. The molecule has 2 rings (SSSR count). The molecule has 2 N–H and O–H groups in total. The third kappa shape index (κ3) is 7.04. The maximum atomic E-state index is 5.12. The number of aliphatic imine (C=N–C) groups is 2. The van der Waals surface area contributed by atoms with Crippen LogP contribution in [0.25, 0.3) is 0 Å². The zero-order chi connectivity index (χ0) is 18.5. The van der Waals surface area contributed by atoms with E-state index in [2.05, 4.69) is 20.6 Å². The summed E-state index contributed by atoms with van der Waals surface area (Å²) >= 11 is 0. The minimum absolute atomic E-state index is 0.533. The molecule has 6 nitrogen and oxygen atoms in total. The molecule has 2 aromatic carbocycles. The number of ether oxygens (including phenoxy) is 2. The van der Waals surface area contributed by atoms with Gasteiger partial charge in [-0.05, 0) is 24.3 Å². The molecule has 0 heterocycles. The van der Waals surface area contributed by atoms with Crippen LogP contribution in [0, 0.1) is 0 Å². The quantitative estimate of drug-likeness (QED) is 0.434. The first kappa shape index (κ1) is 19.6. The van der Waals surface area contributed by atoms with E-state index in [1.54, 1.807) is 14.2 Å². The molecule has 0 aromatic heterocycles. The van der Waals surface area contributed by atoms with Crippen molar-refractivity contribution in [2.75, 3.05) is 51.2 Å². The van der Waals surface area contributed by atoms with Gasteiger partial charge in [-0.25, -0.2) is 0 Å². The molecule has 0 bridgehead atoms. The van der Waals surface area contributed by atoms with E-state index >= 15 is 0 Å². The molecule has 0 saturated carbocycles. The molecule has 0 atom stereocenters. The Morgan fingerprint density at radius 1 is 0.692 bits per heavy atom. The van der Waals surface area contributed by atoms with Crippen molar-refractivity contribution in [1.29, 1.82) is 0 Å². The first-order chi connectivity index (χ1) is 12.8. The van der Waals surface area contributed by atoms with E-state index in [0.29, 0.717) is 38.0 Å². The zero-order valence-electron chi connectivity index (χ0n) is 15.3. The summed E-state index contributed by atoms with van der Waals surface area (Å²) in [6.45, 7) is 2.14. The first-order valence-electron chi connectivity index (χ1n) is 8.54. The average molecular weight is 354 g/mol. The number of nitrogens with zero attached hydrogens (tertiary/aromatic N) is 2. The van der Waals surface area contributed by atoms with E-state index in [0.717, 1.165) is 11.4 Å². The van der Waals surface area contributed by atoms with Crippen molar-refractivity contribution >= 4 is 23.0 Å². The molecule has 2 aromatic rings. The Morgan fingerprint density at radius 2 is 1.08 bits per heavy atom. The predicted molar refractivity (Wildman–Crippen MR) is 108 cm³/mol. The van der Waals surface area contributed by atoms with Gasteiger partial charge in [0.25, 0.3) is 0 Å². The number of rotatable bonds is 8. The third-order valence-electron chi connectivity index (χ3n) is 3.43. The minimum atomic E-state index is 0.533. The van der Waals surface area contributed by atoms with Crippen molar-refractivity contribution in [3.05, 3.63) is 60.7 Å². The standard InChI is InChI=1S/C20H26N4O2/c1-25-15-13-21-19(23-17-9-5-3-6-10-17)20(22-14-16-26-2)24-18-11-7-4-8-12-18/h3-12H,13-16H2,1-2H3,(H,21,23)(H,22,24). The van der Waals surface area contributed by atoms with Crippen molar-refractivity contribution in [2.24, 2.45) is 9.98 Å². The number of para-hydroxylation sites is 2. The topological polar surface area (TPSA) is 67.2 Å². The van der Waals surface area contributed by atoms with Crippen molar-refractivity contribution in [3.8, 4) is 0 Å². The predicted octanol–water partition coefficient (Wildman–Crippen LogP) is 3.30. The van der Waals surface area contributed by atoms with E-state index in [1.165, 1.54) is 0 Å². The Kier molecular flexibility index (Phi) is 8.89. The second-order valence-corrected chi connectivity index (χ2v) is 5.43. The number of amidine groups is 2. The van der Waals surface area contributed by atoms with Crippen LogP contribution in [0.2, 0.25) is 0 Å². The summed E-state index contributed by atoms with van der Waals surface area (Å²) in [7, 11) is 3.32. The lowest BCUT2D eigenvalue weighted by molar-refractivity contribution is 0.207. The van der Waals surface area contributed by atoms with Crippen LogP contribution in [-0.2, 0) is 9.47 Å². The van der Waals surface area contributed by atoms with Crippen LogP contribution in [0.3, 0.4) is 0 Å². The van der Waals surface area contributed by atoms with E-state index in [9.17, 15) is 0 Å². The lowest BCUT2D eigenvalue weighted by Gasteiger charge is -2.15. The van der Waals surface area contributed by atoms with Crippen LogP contribution < -0.4 is 10.6 Å². The molecular formula is C20H26N4O2. The maximum Gasteiger partial charge on any atom is 0.169 e. The van der Waals surface area contributed by atoms with E-state index in [4.69, 9.17) is 9.47 Å². The number of nitrogens with one attached hydrogen (secondary N) is 2. The highest BCUT2D eigenvalue weighted by Gasteiger charge is 2.10. The summed E-state index contributed by atoms with van der Waals surface area (Å²) in [5.74, 6) is 1.32. The lowest BCUT2D eigenvalue weighted by Crippen LogP contribution is -2.31. The van der Waals surface area contributed by atoms with Crippen LogP contribution in [-0.4, -0.2) is 52.2 Å².